The van der Waals surface area contributed by atoms with Crippen molar-refractivity contribution in [3.63, 3.8) is 0 Å². The summed E-state index contributed by atoms with van der Waals surface area (Å²) in [6.45, 7) is 4.16. The van der Waals surface area contributed by atoms with Crippen LogP contribution in [0, 0.1) is 10.1 Å². The van der Waals surface area contributed by atoms with Gasteiger partial charge in [-0.3, -0.25) is 20.2 Å². The SMILES string of the molecule is O=C(NC(=S)N1CCN(c2ccc([N+](=O)[O-])c(N3CCCCC3)c2)CC1)c1ccc(-c2cc(Cl)ccc2Cl)o1. The predicted octanol–water partition coefficient (Wildman–Crippen LogP) is 5.99. The van der Waals surface area contributed by atoms with Gasteiger partial charge in [0.1, 0.15) is 11.4 Å². The molecule has 0 bridgehead atoms. The van der Waals surface area contributed by atoms with Gasteiger partial charge in [0.15, 0.2) is 10.9 Å². The molecule has 2 saturated heterocycles. The number of furan rings is 1. The van der Waals surface area contributed by atoms with Gasteiger partial charge in [-0.15, -0.1) is 0 Å². The molecule has 204 valence electrons. The lowest BCUT2D eigenvalue weighted by Crippen LogP contribution is -2.52. The first-order chi connectivity index (χ1) is 18.8. The zero-order valence-electron chi connectivity index (χ0n) is 21.1. The van der Waals surface area contributed by atoms with Crippen molar-refractivity contribution in [3.8, 4) is 11.3 Å². The first-order valence-corrected chi connectivity index (χ1v) is 13.9. The topological polar surface area (TPSA) is 95.1 Å². The third-order valence-corrected chi connectivity index (χ3v) is 7.95. The number of halogens is 2. The van der Waals surface area contributed by atoms with Crippen molar-refractivity contribution in [2.45, 2.75) is 19.3 Å². The van der Waals surface area contributed by atoms with Crippen LogP contribution in [-0.4, -0.2) is 60.1 Å². The summed E-state index contributed by atoms with van der Waals surface area (Å²) in [6.07, 6.45) is 3.23. The zero-order valence-corrected chi connectivity index (χ0v) is 23.4. The number of piperazine rings is 1. The van der Waals surface area contributed by atoms with E-state index < -0.39 is 5.91 Å². The van der Waals surface area contributed by atoms with Crippen molar-refractivity contribution >= 4 is 63.5 Å². The summed E-state index contributed by atoms with van der Waals surface area (Å²) in [5, 5.41) is 15.7. The Labute approximate surface area is 241 Å². The number of thiocarbonyl (C=S) groups is 1. The zero-order chi connectivity index (χ0) is 27.5. The minimum absolute atomic E-state index is 0.109. The van der Waals surface area contributed by atoms with Gasteiger partial charge in [0, 0.05) is 61.6 Å². The molecule has 0 radical (unpaired) electrons. The first kappa shape index (κ1) is 27.2. The van der Waals surface area contributed by atoms with Crippen molar-refractivity contribution in [1.29, 1.82) is 0 Å². The monoisotopic (exact) mass is 587 g/mol. The van der Waals surface area contributed by atoms with Gasteiger partial charge >= 0.3 is 0 Å². The fraction of sp³-hybridized carbons (Fsp3) is 0.333. The number of hydrogen-bond acceptors (Lipinski definition) is 7. The van der Waals surface area contributed by atoms with E-state index in [-0.39, 0.29) is 16.4 Å². The molecule has 0 spiro atoms. The summed E-state index contributed by atoms with van der Waals surface area (Å²) in [5.41, 5.74) is 2.36. The van der Waals surface area contributed by atoms with E-state index in [0.717, 1.165) is 38.0 Å². The molecule has 0 saturated carbocycles. The Morgan fingerprint density at radius 2 is 1.67 bits per heavy atom. The molecule has 1 N–H and O–H groups in total. The van der Waals surface area contributed by atoms with E-state index in [0.29, 0.717) is 58.3 Å². The van der Waals surface area contributed by atoms with Crippen LogP contribution in [0.25, 0.3) is 11.3 Å². The number of carbonyl (C=O) groups is 1. The highest BCUT2D eigenvalue weighted by molar-refractivity contribution is 7.80. The van der Waals surface area contributed by atoms with Crippen LogP contribution in [-0.2, 0) is 0 Å². The summed E-state index contributed by atoms with van der Waals surface area (Å²) in [6, 6.07) is 13.6. The van der Waals surface area contributed by atoms with Crippen molar-refractivity contribution in [2.75, 3.05) is 49.1 Å². The fourth-order valence-corrected chi connectivity index (χ4v) is 5.61. The van der Waals surface area contributed by atoms with E-state index in [1.54, 1.807) is 36.4 Å². The Morgan fingerprint density at radius 3 is 2.38 bits per heavy atom. The maximum atomic E-state index is 12.8. The lowest BCUT2D eigenvalue weighted by atomic mass is 10.1. The summed E-state index contributed by atoms with van der Waals surface area (Å²) in [4.78, 5) is 30.4. The number of hydrogen-bond donors (Lipinski definition) is 1. The average Bonchev–Trinajstić information content (AvgIpc) is 3.45. The van der Waals surface area contributed by atoms with Crippen LogP contribution in [0.3, 0.4) is 0 Å². The smallest absolute Gasteiger partial charge is 0.293 e. The Hall–Kier alpha value is -3.34. The van der Waals surface area contributed by atoms with Gasteiger partial charge in [-0.05, 0) is 73.9 Å². The molecule has 2 aliphatic heterocycles. The third-order valence-electron chi connectivity index (χ3n) is 7.03. The molecule has 9 nitrogen and oxygen atoms in total. The van der Waals surface area contributed by atoms with Crippen LogP contribution in [0.5, 0.6) is 0 Å². The van der Waals surface area contributed by atoms with Gasteiger partial charge < -0.3 is 19.1 Å². The number of nitro benzene ring substituents is 1. The molecule has 1 aromatic heterocycles. The molecule has 39 heavy (non-hydrogen) atoms. The second-order valence-electron chi connectivity index (χ2n) is 9.50. The molecule has 0 unspecified atom stereocenters. The number of nitrogens with one attached hydrogen (secondary N) is 1. The minimum atomic E-state index is -0.451. The average molecular weight is 589 g/mol. The third kappa shape index (κ3) is 6.13. The van der Waals surface area contributed by atoms with Gasteiger partial charge in [-0.25, -0.2) is 0 Å². The van der Waals surface area contributed by atoms with E-state index in [2.05, 4.69) is 15.1 Å². The summed E-state index contributed by atoms with van der Waals surface area (Å²) < 4.78 is 5.72. The number of rotatable bonds is 5. The number of nitro groups is 1. The van der Waals surface area contributed by atoms with Crippen LogP contribution in [0.1, 0.15) is 29.8 Å². The lowest BCUT2D eigenvalue weighted by molar-refractivity contribution is -0.384. The number of amides is 1. The van der Waals surface area contributed by atoms with Crippen molar-refractivity contribution < 1.29 is 14.1 Å². The second kappa shape index (κ2) is 11.8. The molecular formula is C27H27Cl2N5O4S. The molecule has 12 heteroatoms. The molecule has 2 aliphatic rings. The number of piperidine rings is 1. The second-order valence-corrected chi connectivity index (χ2v) is 10.7. The standard InChI is InChI=1S/C27H27Cl2N5O4S/c28-18-4-6-21(29)20(16-18)24-8-9-25(38-24)26(35)30-27(39)33-14-12-31(13-15-33)19-5-7-22(34(36)37)23(17-19)32-10-2-1-3-11-32/h4-9,16-17H,1-3,10-15H2,(H,30,35,39). The van der Waals surface area contributed by atoms with Gasteiger partial charge in [0.05, 0.1) is 9.95 Å². The number of benzene rings is 2. The Bertz CT molecular complexity index is 1400. The van der Waals surface area contributed by atoms with E-state index in [4.69, 9.17) is 39.8 Å². The molecule has 3 aromatic rings. The van der Waals surface area contributed by atoms with Crippen LogP contribution in [0.4, 0.5) is 17.1 Å². The summed E-state index contributed by atoms with van der Waals surface area (Å²) in [5.74, 6) is 0.0886. The number of nitrogens with zero attached hydrogens (tertiary/aromatic N) is 4. The Balaban J connectivity index is 1.20. The summed E-state index contributed by atoms with van der Waals surface area (Å²) in [7, 11) is 0. The molecule has 0 aliphatic carbocycles. The first-order valence-electron chi connectivity index (χ1n) is 12.7. The maximum Gasteiger partial charge on any atom is 0.293 e. The predicted molar refractivity (Wildman–Crippen MR) is 157 cm³/mol. The Morgan fingerprint density at radius 1 is 0.923 bits per heavy atom. The normalized spacial score (nSPS) is 15.8. The van der Waals surface area contributed by atoms with Gasteiger partial charge in [0.2, 0.25) is 0 Å². The van der Waals surface area contributed by atoms with E-state index in [9.17, 15) is 14.9 Å². The van der Waals surface area contributed by atoms with Gasteiger partial charge in [-0.2, -0.15) is 0 Å². The van der Waals surface area contributed by atoms with Crippen LogP contribution in [0.2, 0.25) is 10.0 Å². The van der Waals surface area contributed by atoms with Crippen molar-refractivity contribution in [2.24, 2.45) is 0 Å². The highest BCUT2D eigenvalue weighted by Crippen LogP contribution is 2.35. The van der Waals surface area contributed by atoms with Crippen LogP contribution in [0.15, 0.2) is 52.9 Å². The van der Waals surface area contributed by atoms with E-state index >= 15 is 0 Å². The van der Waals surface area contributed by atoms with Gasteiger partial charge in [0.25, 0.3) is 11.6 Å². The summed E-state index contributed by atoms with van der Waals surface area (Å²) >= 11 is 17.8. The molecule has 2 aromatic carbocycles. The maximum absolute atomic E-state index is 12.8. The number of anilines is 2. The van der Waals surface area contributed by atoms with E-state index in [1.165, 1.54) is 0 Å². The van der Waals surface area contributed by atoms with E-state index in [1.807, 2.05) is 17.0 Å². The highest BCUT2D eigenvalue weighted by Gasteiger charge is 2.26. The molecule has 2 fully saturated rings. The molecular weight excluding hydrogens is 561 g/mol. The van der Waals surface area contributed by atoms with Gasteiger partial charge in [-0.1, -0.05) is 23.2 Å². The lowest BCUT2D eigenvalue weighted by Gasteiger charge is -2.37. The molecule has 5 rings (SSSR count). The van der Waals surface area contributed by atoms with Crippen molar-refractivity contribution in [3.05, 3.63) is 74.5 Å². The molecule has 0 atom stereocenters. The minimum Gasteiger partial charge on any atom is -0.451 e. The number of carbonyl (C=O) groups excluding carboxylic acids is 1. The highest BCUT2D eigenvalue weighted by atomic mass is 35.5. The fourth-order valence-electron chi connectivity index (χ4n) is 4.95. The quantitative estimate of drug-likeness (QED) is 0.221. The molecule has 1 amide bonds. The molecule has 3 heterocycles. The largest absolute Gasteiger partial charge is 0.451 e. The Kier molecular flexibility index (Phi) is 8.25. The van der Waals surface area contributed by atoms with Crippen LogP contribution < -0.4 is 15.1 Å². The van der Waals surface area contributed by atoms with Crippen molar-refractivity contribution in [1.82, 2.24) is 10.2 Å². The van der Waals surface area contributed by atoms with Crippen LogP contribution >= 0.6 is 35.4 Å².